The molecule has 0 atom stereocenters. The molecule has 0 aromatic heterocycles. The molecule has 2 aliphatic rings. The average Bonchev–Trinajstić information content (AvgIpc) is 2.40. The largest absolute Gasteiger partial charge is 0.458 e. The van der Waals surface area contributed by atoms with Crippen molar-refractivity contribution >= 4 is 0 Å². The summed E-state index contributed by atoms with van der Waals surface area (Å²) in [6.45, 7) is 3.35. The highest BCUT2D eigenvalue weighted by molar-refractivity contribution is 5.48. The molecule has 1 fully saturated rings. The Balaban J connectivity index is 1.78. The third-order valence-corrected chi connectivity index (χ3v) is 3.34. The van der Waals surface area contributed by atoms with Crippen LogP contribution in [0.4, 0.5) is 0 Å². The Bertz CT molecular complexity index is 422. The molecule has 3 rings (SSSR count). The van der Waals surface area contributed by atoms with Crippen molar-refractivity contribution in [2.24, 2.45) is 0 Å². The molecule has 1 aromatic rings. The first-order valence-corrected chi connectivity index (χ1v) is 6.26. The van der Waals surface area contributed by atoms with Gasteiger partial charge in [-0.05, 0) is 32.0 Å². The van der Waals surface area contributed by atoms with Gasteiger partial charge in [0, 0.05) is 12.1 Å². The second kappa shape index (κ2) is 4.80. The lowest BCUT2D eigenvalue weighted by atomic mass is 10.1. The molecule has 0 amide bonds. The minimum absolute atomic E-state index is 0.821. The molecule has 2 heterocycles. The summed E-state index contributed by atoms with van der Waals surface area (Å²) in [7, 11) is 0. The first kappa shape index (κ1) is 10.7. The van der Waals surface area contributed by atoms with Crippen LogP contribution in [0.15, 0.2) is 30.7 Å². The van der Waals surface area contributed by atoms with E-state index in [-0.39, 0.29) is 0 Å². The number of benzene rings is 1. The Morgan fingerprint density at radius 3 is 2.71 bits per heavy atom. The minimum Gasteiger partial charge on any atom is -0.458 e. The van der Waals surface area contributed by atoms with E-state index in [0.717, 1.165) is 18.0 Å². The number of piperidine rings is 1. The molecule has 0 radical (unpaired) electrons. The Hall–Kier alpha value is -1.48. The molecule has 0 unspecified atom stereocenters. The molecule has 90 valence electrons. The summed E-state index contributed by atoms with van der Waals surface area (Å²) in [6, 6.07) is 6.09. The zero-order valence-corrected chi connectivity index (χ0v) is 9.89. The van der Waals surface area contributed by atoms with Crippen LogP contribution in [-0.2, 0) is 6.54 Å². The van der Waals surface area contributed by atoms with E-state index in [1.54, 1.807) is 12.5 Å². The van der Waals surface area contributed by atoms with Crippen LogP contribution in [0.3, 0.4) is 0 Å². The van der Waals surface area contributed by atoms with Crippen LogP contribution in [0.2, 0.25) is 0 Å². The highest BCUT2D eigenvalue weighted by atomic mass is 16.5. The number of nitrogens with zero attached hydrogens (tertiary/aromatic N) is 1. The van der Waals surface area contributed by atoms with E-state index in [2.05, 4.69) is 11.0 Å². The molecular formula is C14H17NO2. The van der Waals surface area contributed by atoms with Crippen LogP contribution in [-0.4, -0.2) is 18.0 Å². The topological polar surface area (TPSA) is 21.7 Å². The Kier molecular flexibility index (Phi) is 3.01. The first-order valence-electron chi connectivity index (χ1n) is 6.26. The summed E-state index contributed by atoms with van der Waals surface area (Å²) < 4.78 is 11.0. The monoisotopic (exact) mass is 231 g/mol. The highest BCUT2D eigenvalue weighted by Crippen LogP contribution is 2.34. The van der Waals surface area contributed by atoms with Gasteiger partial charge >= 0.3 is 0 Å². The SMILES string of the molecule is C1=COc2c(CN3CCCCC3)cccc2O1. The summed E-state index contributed by atoms with van der Waals surface area (Å²) in [5.74, 6) is 1.70. The highest BCUT2D eigenvalue weighted by Gasteiger charge is 2.17. The fourth-order valence-electron chi connectivity index (χ4n) is 2.47. The van der Waals surface area contributed by atoms with Crippen LogP contribution >= 0.6 is 0 Å². The van der Waals surface area contributed by atoms with Crippen molar-refractivity contribution in [1.82, 2.24) is 4.90 Å². The van der Waals surface area contributed by atoms with Gasteiger partial charge in [0.15, 0.2) is 11.5 Å². The number of ether oxygens (including phenoxy) is 2. The summed E-state index contributed by atoms with van der Waals surface area (Å²) >= 11 is 0. The predicted molar refractivity (Wildman–Crippen MR) is 66.0 cm³/mol. The number of fused-ring (bicyclic) bond motifs is 1. The van der Waals surface area contributed by atoms with E-state index in [9.17, 15) is 0 Å². The van der Waals surface area contributed by atoms with Crippen molar-refractivity contribution in [3.05, 3.63) is 36.3 Å². The van der Waals surface area contributed by atoms with E-state index < -0.39 is 0 Å². The molecule has 0 bridgehead atoms. The van der Waals surface area contributed by atoms with Gasteiger partial charge in [-0.25, -0.2) is 0 Å². The predicted octanol–water partition coefficient (Wildman–Crippen LogP) is 2.91. The minimum atomic E-state index is 0.821. The van der Waals surface area contributed by atoms with Crippen LogP contribution in [0.5, 0.6) is 11.5 Å². The lowest BCUT2D eigenvalue weighted by Gasteiger charge is -2.27. The molecule has 17 heavy (non-hydrogen) atoms. The fraction of sp³-hybridized carbons (Fsp3) is 0.429. The van der Waals surface area contributed by atoms with Crippen molar-refractivity contribution < 1.29 is 9.47 Å². The number of likely N-dealkylation sites (tertiary alicyclic amines) is 1. The van der Waals surface area contributed by atoms with Crippen LogP contribution < -0.4 is 9.47 Å². The lowest BCUT2D eigenvalue weighted by Crippen LogP contribution is -2.29. The fourth-order valence-corrected chi connectivity index (χ4v) is 2.47. The molecule has 0 aliphatic carbocycles. The Morgan fingerprint density at radius 1 is 1.00 bits per heavy atom. The van der Waals surface area contributed by atoms with Crippen molar-refractivity contribution in [2.75, 3.05) is 13.1 Å². The number of hydrogen-bond donors (Lipinski definition) is 0. The summed E-state index contributed by atoms with van der Waals surface area (Å²) in [5, 5.41) is 0. The van der Waals surface area contributed by atoms with Gasteiger partial charge in [-0.15, -0.1) is 0 Å². The molecule has 2 aliphatic heterocycles. The molecule has 0 N–H and O–H groups in total. The molecule has 1 aromatic carbocycles. The van der Waals surface area contributed by atoms with Crippen molar-refractivity contribution in [3.63, 3.8) is 0 Å². The van der Waals surface area contributed by atoms with Gasteiger partial charge in [0.2, 0.25) is 0 Å². The first-order chi connectivity index (χ1) is 8.43. The lowest BCUT2D eigenvalue weighted by molar-refractivity contribution is 0.217. The number of hydrogen-bond acceptors (Lipinski definition) is 3. The zero-order chi connectivity index (χ0) is 11.5. The van der Waals surface area contributed by atoms with E-state index in [1.165, 1.54) is 37.9 Å². The summed E-state index contributed by atoms with van der Waals surface area (Å²) in [5.41, 5.74) is 1.22. The maximum absolute atomic E-state index is 5.56. The Labute approximate surface area is 102 Å². The van der Waals surface area contributed by atoms with Gasteiger partial charge in [-0.3, -0.25) is 4.90 Å². The molecule has 3 nitrogen and oxygen atoms in total. The van der Waals surface area contributed by atoms with E-state index in [0.29, 0.717) is 0 Å². The zero-order valence-electron chi connectivity index (χ0n) is 9.89. The van der Waals surface area contributed by atoms with Crippen LogP contribution in [0, 0.1) is 0 Å². The van der Waals surface area contributed by atoms with Gasteiger partial charge < -0.3 is 9.47 Å². The second-order valence-corrected chi connectivity index (χ2v) is 4.59. The van der Waals surface area contributed by atoms with Gasteiger partial charge in [0.05, 0.1) is 0 Å². The van der Waals surface area contributed by atoms with Crippen molar-refractivity contribution in [3.8, 4) is 11.5 Å². The van der Waals surface area contributed by atoms with Gasteiger partial charge in [0.25, 0.3) is 0 Å². The summed E-state index contributed by atoms with van der Waals surface area (Å²) in [4.78, 5) is 2.49. The molecule has 0 saturated carbocycles. The third-order valence-electron chi connectivity index (χ3n) is 3.34. The second-order valence-electron chi connectivity index (χ2n) is 4.59. The van der Waals surface area contributed by atoms with Crippen LogP contribution in [0.25, 0.3) is 0 Å². The summed E-state index contributed by atoms with van der Waals surface area (Å²) in [6.07, 6.45) is 7.17. The van der Waals surface area contributed by atoms with Crippen molar-refractivity contribution in [1.29, 1.82) is 0 Å². The van der Waals surface area contributed by atoms with Crippen LogP contribution in [0.1, 0.15) is 24.8 Å². The van der Waals surface area contributed by atoms with Gasteiger partial charge in [-0.2, -0.15) is 0 Å². The molecule has 1 saturated heterocycles. The quantitative estimate of drug-likeness (QED) is 0.781. The molecule has 0 spiro atoms. The maximum atomic E-state index is 5.56. The van der Waals surface area contributed by atoms with E-state index in [1.807, 2.05) is 12.1 Å². The number of para-hydroxylation sites is 1. The normalized spacial score (nSPS) is 19.3. The average molecular weight is 231 g/mol. The smallest absolute Gasteiger partial charge is 0.173 e. The molecular weight excluding hydrogens is 214 g/mol. The number of rotatable bonds is 2. The van der Waals surface area contributed by atoms with E-state index >= 15 is 0 Å². The Morgan fingerprint density at radius 2 is 1.82 bits per heavy atom. The molecule has 3 heteroatoms. The standard InChI is InChI=1S/C14H17NO2/c1-2-7-15(8-3-1)11-12-5-4-6-13-14(12)17-10-9-16-13/h4-6,9-10H,1-3,7-8,11H2. The van der Waals surface area contributed by atoms with Gasteiger partial charge in [-0.1, -0.05) is 18.6 Å². The van der Waals surface area contributed by atoms with Gasteiger partial charge in [0.1, 0.15) is 12.5 Å². The maximum Gasteiger partial charge on any atom is 0.173 e. The van der Waals surface area contributed by atoms with E-state index in [4.69, 9.17) is 9.47 Å². The van der Waals surface area contributed by atoms with Crippen molar-refractivity contribution in [2.45, 2.75) is 25.8 Å². The third kappa shape index (κ3) is 2.29.